The molecule has 4 aromatic rings. The van der Waals surface area contributed by atoms with Gasteiger partial charge in [-0.2, -0.15) is 13.2 Å². The summed E-state index contributed by atoms with van der Waals surface area (Å²) in [6.45, 7) is 0.283. The van der Waals surface area contributed by atoms with E-state index in [0.29, 0.717) is 5.56 Å². The first kappa shape index (κ1) is 24.8. The van der Waals surface area contributed by atoms with Gasteiger partial charge in [0.2, 0.25) is 5.91 Å². The van der Waals surface area contributed by atoms with Gasteiger partial charge in [-0.05, 0) is 57.6 Å². The molecule has 36 heavy (non-hydrogen) atoms. The summed E-state index contributed by atoms with van der Waals surface area (Å²) in [6, 6.07) is 27.2. The Morgan fingerprint density at radius 3 is 2.11 bits per heavy atom. The molecule has 0 fully saturated rings. The Balaban J connectivity index is 1.48. The topological polar surface area (TPSA) is 49.3 Å². The van der Waals surface area contributed by atoms with Crippen LogP contribution in [0.25, 0.3) is 23.3 Å². The highest BCUT2D eigenvalue weighted by atomic mass is 19.4. The molecular formula is C30H24F3NO2. The summed E-state index contributed by atoms with van der Waals surface area (Å²) in [4.78, 5) is 12.5. The lowest BCUT2D eigenvalue weighted by molar-refractivity contribution is -0.137. The van der Waals surface area contributed by atoms with Crippen molar-refractivity contribution in [3.05, 3.63) is 125 Å². The van der Waals surface area contributed by atoms with E-state index in [1.165, 1.54) is 12.1 Å². The maximum Gasteiger partial charge on any atom is 0.416 e. The normalized spacial score (nSPS) is 11.5. The number of halogens is 3. The molecule has 6 heteroatoms. The number of alkyl halides is 3. The maximum absolute atomic E-state index is 12.8. The molecule has 3 nitrogen and oxygen atoms in total. The molecule has 1 amide bonds. The quantitative estimate of drug-likeness (QED) is 0.273. The Labute approximate surface area is 207 Å². The Kier molecular flexibility index (Phi) is 7.54. The van der Waals surface area contributed by atoms with Crippen molar-refractivity contribution in [2.45, 2.75) is 19.1 Å². The standard InChI is InChI=1S/C30H24F3NO2/c31-30(32,33)25-15-10-22(11-16-25)19-29(36)34-20-24-6-2-4-8-28(24)27-7-3-1-5-23(27)14-9-21-12-17-26(35)18-13-21/h1-18,35H,19-20H2,(H,34,36)/b14-9+. The molecule has 182 valence electrons. The minimum atomic E-state index is -4.40. The molecule has 0 bridgehead atoms. The largest absolute Gasteiger partial charge is 0.508 e. The third-order valence-corrected chi connectivity index (χ3v) is 5.74. The van der Waals surface area contributed by atoms with Crippen LogP contribution in [0.1, 0.15) is 27.8 Å². The fraction of sp³-hybridized carbons (Fsp3) is 0.100. The van der Waals surface area contributed by atoms with Crippen molar-refractivity contribution in [3.8, 4) is 16.9 Å². The zero-order valence-electron chi connectivity index (χ0n) is 19.3. The highest BCUT2D eigenvalue weighted by Gasteiger charge is 2.29. The lowest BCUT2D eigenvalue weighted by atomic mass is 9.94. The first-order chi connectivity index (χ1) is 17.3. The van der Waals surface area contributed by atoms with Gasteiger partial charge < -0.3 is 10.4 Å². The molecule has 0 radical (unpaired) electrons. The number of nitrogens with one attached hydrogen (secondary N) is 1. The smallest absolute Gasteiger partial charge is 0.416 e. The van der Waals surface area contributed by atoms with E-state index < -0.39 is 11.7 Å². The van der Waals surface area contributed by atoms with Gasteiger partial charge in [-0.25, -0.2) is 0 Å². The van der Waals surface area contributed by atoms with Crippen LogP contribution >= 0.6 is 0 Å². The minimum absolute atomic E-state index is 0.00768. The summed E-state index contributed by atoms with van der Waals surface area (Å²) in [5.74, 6) is -0.0630. The van der Waals surface area contributed by atoms with Crippen molar-refractivity contribution < 1.29 is 23.1 Å². The van der Waals surface area contributed by atoms with Crippen LogP contribution in [0.4, 0.5) is 13.2 Å². The van der Waals surface area contributed by atoms with Gasteiger partial charge in [-0.1, -0.05) is 84.9 Å². The van der Waals surface area contributed by atoms with E-state index in [4.69, 9.17) is 0 Å². The fourth-order valence-corrected chi connectivity index (χ4v) is 3.85. The number of aromatic hydroxyl groups is 1. The number of hydrogen-bond donors (Lipinski definition) is 2. The van der Waals surface area contributed by atoms with Gasteiger partial charge in [-0.15, -0.1) is 0 Å². The first-order valence-corrected chi connectivity index (χ1v) is 11.4. The van der Waals surface area contributed by atoms with E-state index in [0.717, 1.165) is 39.9 Å². The zero-order valence-corrected chi connectivity index (χ0v) is 19.3. The molecule has 4 aromatic carbocycles. The molecule has 0 aliphatic heterocycles. The van der Waals surface area contributed by atoms with Gasteiger partial charge >= 0.3 is 6.18 Å². The van der Waals surface area contributed by atoms with Crippen molar-refractivity contribution in [1.82, 2.24) is 5.32 Å². The van der Waals surface area contributed by atoms with E-state index in [1.807, 2.05) is 72.8 Å². The van der Waals surface area contributed by atoms with Crippen molar-refractivity contribution >= 4 is 18.1 Å². The minimum Gasteiger partial charge on any atom is -0.508 e. The number of rotatable bonds is 7. The monoisotopic (exact) mass is 487 g/mol. The lowest BCUT2D eigenvalue weighted by Crippen LogP contribution is -2.24. The highest BCUT2D eigenvalue weighted by molar-refractivity contribution is 5.83. The maximum atomic E-state index is 12.8. The summed E-state index contributed by atoms with van der Waals surface area (Å²) >= 11 is 0. The second-order valence-electron chi connectivity index (χ2n) is 8.32. The van der Waals surface area contributed by atoms with Gasteiger partial charge in [0.05, 0.1) is 12.0 Å². The van der Waals surface area contributed by atoms with E-state index in [9.17, 15) is 23.1 Å². The third-order valence-electron chi connectivity index (χ3n) is 5.74. The van der Waals surface area contributed by atoms with Gasteiger partial charge in [-0.3, -0.25) is 4.79 Å². The molecule has 2 N–H and O–H groups in total. The van der Waals surface area contributed by atoms with Crippen molar-refractivity contribution in [1.29, 1.82) is 0 Å². The fourth-order valence-electron chi connectivity index (χ4n) is 3.85. The molecule has 0 saturated carbocycles. The third kappa shape index (κ3) is 6.42. The second kappa shape index (κ2) is 11.0. The van der Waals surface area contributed by atoms with Crippen molar-refractivity contribution in [2.75, 3.05) is 0 Å². The Bertz CT molecular complexity index is 1360. The van der Waals surface area contributed by atoms with E-state index >= 15 is 0 Å². The Morgan fingerprint density at radius 1 is 0.778 bits per heavy atom. The Hall–Kier alpha value is -4.32. The van der Waals surface area contributed by atoms with Crippen LogP contribution < -0.4 is 5.32 Å². The van der Waals surface area contributed by atoms with Crippen LogP contribution in [-0.4, -0.2) is 11.0 Å². The average Bonchev–Trinajstić information content (AvgIpc) is 2.87. The molecule has 4 rings (SSSR count). The van der Waals surface area contributed by atoms with Gasteiger partial charge in [0.15, 0.2) is 0 Å². The molecule has 0 aliphatic rings. The van der Waals surface area contributed by atoms with Crippen LogP contribution in [0.15, 0.2) is 97.1 Å². The summed E-state index contributed by atoms with van der Waals surface area (Å²) in [5.41, 5.74) is 4.61. The van der Waals surface area contributed by atoms with Crippen LogP contribution in [0.5, 0.6) is 5.75 Å². The molecule has 0 heterocycles. The predicted octanol–water partition coefficient (Wildman–Crippen LogP) is 7.11. The van der Waals surface area contributed by atoms with E-state index in [2.05, 4.69) is 5.32 Å². The SMILES string of the molecule is O=C(Cc1ccc(C(F)(F)F)cc1)NCc1ccccc1-c1ccccc1/C=C/c1ccc(O)cc1. The van der Waals surface area contributed by atoms with Crippen molar-refractivity contribution in [3.63, 3.8) is 0 Å². The summed E-state index contributed by atoms with van der Waals surface area (Å²) in [5, 5.41) is 12.4. The predicted molar refractivity (Wildman–Crippen MR) is 136 cm³/mol. The second-order valence-corrected chi connectivity index (χ2v) is 8.32. The van der Waals surface area contributed by atoms with Crippen LogP contribution in [0.3, 0.4) is 0 Å². The first-order valence-electron chi connectivity index (χ1n) is 11.4. The highest BCUT2D eigenvalue weighted by Crippen LogP contribution is 2.30. The molecule has 0 aromatic heterocycles. The molecule has 0 saturated heterocycles. The molecule has 0 atom stereocenters. The Morgan fingerprint density at radius 2 is 1.42 bits per heavy atom. The summed E-state index contributed by atoms with van der Waals surface area (Å²) in [7, 11) is 0. The van der Waals surface area contributed by atoms with Crippen LogP contribution in [-0.2, 0) is 23.9 Å². The van der Waals surface area contributed by atoms with Gasteiger partial charge in [0, 0.05) is 6.54 Å². The van der Waals surface area contributed by atoms with E-state index in [1.54, 1.807) is 12.1 Å². The number of amides is 1. The molecule has 0 spiro atoms. The number of carbonyl (C=O) groups excluding carboxylic acids is 1. The molecule has 0 aliphatic carbocycles. The number of benzene rings is 4. The summed E-state index contributed by atoms with van der Waals surface area (Å²) < 4.78 is 38.3. The van der Waals surface area contributed by atoms with Crippen LogP contribution in [0, 0.1) is 0 Å². The molecule has 0 unspecified atom stereocenters. The number of carbonyl (C=O) groups is 1. The lowest BCUT2D eigenvalue weighted by Gasteiger charge is -2.13. The average molecular weight is 488 g/mol. The number of phenols is 1. The van der Waals surface area contributed by atoms with Gasteiger partial charge in [0.25, 0.3) is 0 Å². The van der Waals surface area contributed by atoms with Crippen LogP contribution in [0.2, 0.25) is 0 Å². The number of hydrogen-bond acceptors (Lipinski definition) is 2. The molecular weight excluding hydrogens is 463 g/mol. The zero-order chi connectivity index (χ0) is 25.5. The summed E-state index contributed by atoms with van der Waals surface area (Å²) in [6.07, 6.45) is -0.444. The van der Waals surface area contributed by atoms with E-state index in [-0.39, 0.29) is 24.6 Å². The van der Waals surface area contributed by atoms with Gasteiger partial charge in [0.1, 0.15) is 5.75 Å². The number of phenolic OH excluding ortho intramolecular Hbond substituents is 1. The van der Waals surface area contributed by atoms with Crippen molar-refractivity contribution in [2.24, 2.45) is 0 Å².